The van der Waals surface area contributed by atoms with Crippen molar-refractivity contribution in [1.29, 1.82) is 0 Å². The Morgan fingerprint density at radius 1 is 1.41 bits per heavy atom. The summed E-state index contributed by atoms with van der Waals surface area (Å²) in [5.74, 6) is -1.05. The van der Waals surface area contributed by atoms with Gasteiger partial charge in [-0.3, -0.25) is 9.59 Å². The summed E-state index contributed by atoms with van der Waals surface area (Å²) in [5, 5.41) is 9.51. The van der Waals surface area contributed by atoms with E-state index in [1.165, 1.54) is 0 Å². The summed E-state index contributed by atoms with van der Waals surface area (Å²) < 4.78 is 2.27. The second kappa shape index (κ2) is 5.10. The van der Waals surface area contributed by atoms with Crippen molar-refractivity contribution in [3.05, 3.63) is 43.2 Å². The molecule has 0 radical (unpaired) electrons. The van der Waals surface area contributed by atoms with Gasteiger partial charge in [-0.2, -0.15) is 4.98 Å². The molecule has 2 aliphatic heterocycles. The van der Waals surface area contributed by atoms with E-state index in [0.717, 1.165) is 11.3 Å². The van der Waals surface area contributed by atoms with E-state index in [2.05, 4.69) is 4.98 Å². The molecule has 0 saturated heterocycles. The van der Waals surface area contributed by atoms with Crippen LogP contribution in [0.3, 0.4) is 0 Å². The molecule has 0 spiro atoms. The van der Waals surface area contributed by atoms with E-state index in [0.29, 0.717) is 22.4 Å². The lowest BCUT2D eigenvalue weighted by Crippen LogP contribution is -2.40. The quantitative estimate of drug-likeness (QED) is 0.876. The van der Waals surface area contributed by atoms with Gasteiger partial charge in [0.25, 0.3) is 5.56 Å². The number of aliphatic carboxylic acids is 1. The SMILES string of the molecule is Cn1c2nc(=O)n(CC(=O)O)c(=O)c-2cc2c1C=C(Cl)CC2. The van der Waals surface area contributed by atoms with Crippen molar-refractivity contribution in [2.45, 2.75) is 19.4 Å². The summed E-state index contributed by atoms with van der Waals surface area (Å²) in [6.07, 6.45) is 3.14. The summed E-state index contributed by atoms with van der Waals surface area (Å²) in [5.41, 5.74) is 0.427. The number of aromatic nitrogens is 3. The van der Waals surface area contributed by atoms with Crippen molar-refractivity contribution in [3.8, 4) is 11.4 Å². The maximum atomic E-state index is 12.4. The number of hydrogen-bond acceptors (Lipinski definition) is 4. The van der Waals surface area contributed by atoms with E-state index in [4.69, 9.17) is 16.7 Å². The van der Waals surface area contributed by atoms with Gasteiger partial charge in [-0.25, -0.2) is 9.36 Å². The number of allylic oxidation sites excluding steroid dienone is 1. The molecule has 0 aromatic rings. The average Bonchev–Trinajstić information content (AvgIpc) is 2.45. The molecule has 0 saturated carbocycles. The molecule has 7 nitrogen and oxygen atoms in total. The fourth-order valence-electron chi connectivity index (χ4n) is 2.64. The predicted octanol–water partition coefficient (Wildman–Crippen LogP) is 0.657. The second-order valence-corrected chi connectivity index (χ2v) is 5.61. The first-order valence-electron chi connectivity index (χ1n) is 6.60. The summed E-state index contributed by atoms with van der Waals surface area (Å²) >= 11 is 6.05. The van der Waals surface area contributed by atoms with Gasteiger partial charge in [-0.05, 0) is 30.5 Å². The Morgan fingerprint density at radius 3 is 2.82 bits per heavy atom. The first-order chi connectivity index (χ1) is 10.4. The highest BCUT2D eigenvalue weighted by molar-refractivity contribution is 6.31. The van der Waals surface area contributed by atoms with Crippen LogP contribution in [0.1, 0.15) is 17.7 Å². The Bertz CT molecular complexity index is 910. The number of carbonyl (C=O) groups is 1. The average molecular weight is 322 g/mol. The van der Waals surface area contributed by atoms with Crippen molar-refractivity contribution in [3.63, 3.8) is 0 Å². The zero-order valence-electron chi connectivity index (χ0n) is 11.7. The van der Waals surface area contributed by atoms with E-state index in [-0.39, 0.29) is 11.4 Å². The third-order valence-electron chi connectivity index (χ3n) is 3.70. The van der Waals surface area contributed by atoms with Crippen molar-refractivity contribution in [2.24, 2.45) is 7.05 Å². The van der Waals surface area contributed by atoms with Gasteiger partial charge >= 0.3 is 11.7 Å². The van der Waals surface area contributed by atoms with E-state index in [1.807, 2.05) is 0 Å². The molecule has 3 aliphatic rings. The van der Waals surface area contributed by atoms with Crippen LogP contribution >= 0.6 is 11.6 Å². The minimum Gasteiger partial charge on any atom is -0.480 e. The molecule has 3 rings (SSSR count). The van der Waals surface area contributed by atoms with Crippen LogP contribution in [-0.4, -0.2) is 25.2 Å². The zero-order valence-corrected chi connectivity index (χ0v) is 12.4. The Kier molecular flexibility index (Phi) is 3.37. The molecule has 0 amide bonds. The molecule has 114 valence electrons. The van der Waals surface area contributed by atoms with Crippen molar-refractivity contribution < 1.29 is 9.90 Å². The number of aryl methyl sites for hydroxylation is 1. The normalized spacial score (nSPS) is 13.8. The lowest BCUT2D eigenvalue weighted by Gasteiger charge is -2.21. The molecule has 0 aromatic carbocycles. The van der Waals surface area contributed by atoms with Gasteiger partial charge in [-0.15, -0.1) is 0 Å². The monoisotopic (exact) mass is 321 g/mol. The maximum Gasteiger partial charge on any atom is 0.353 e. The smallest absolute Gasteiger partial charge is 0.353 e. The zero-order chi connectivity index (χ0) is 16.0. The van der Waals surface area contributed by atoms with Crippen molar-refractivity contribution >= 4 is 23.6 Å². The molecule has 0 unspecified atom stereocenters. The van der Waals surface area contributed by atoms with Crippen LogP contribution in [0.15, 0.2) is 20.7 Å². The Morgan fingerprint density at radius 2 is 2.14 bits per heavy atom. The molecular formula is C14H12ClN3O4. The van der Waals surface area contributed by atoms with Crippen LogP contribution in [0.25, 0.3) is 17.5 Å². The van der Waals surface area contributed by atoms with Gasteiger partial charge < -0.3 is 9.67 Å². The Labute approximate surface area is 129 Å². The number of carboxylic acids is 1. The van der Waals surface area contributed by atoms with Crippen LogP contribution in [0.5, 0.6) is 0 Å². The van der Waals surface area contributed by atoms with Gasteiger partial charge in [0.05, 0.1) is 5.56 Å². The highest BCUT2D eigenvalue weighted by Crippen LogP contribution is 2.29. The predicted molar refractivity (Wildman–Crippen MR) is 80.1 cm³/mol. The van der Waals surface area contributed by atoms with E-state index in [9.17, 15) is 14.4 Å². The summed E-state index contributed by atoms with van der Waals surface area (Å²) in [6, 6.07) is 1.66. The number of pyridine rings is 1. The summed E-state index contributed by atoms with van der Waals surface area (Å²) in [6.45, 7) is -0.701. The van der Waals surface area contributed by atoms with Crippen LogP contribution in [0.2, 0.25) is 0 Å². The third-order valence-corrected chi connectivity index (χ3v) is 3.99. The van der Waals surface area contributed by atoms with Gasteiger partial charge in [0.1, 0.15) is 6.54 Å². The van der Waals surface area contributed by atoms with Crippen LogP contribution in [-0.2, 0) is 24.8 Å². The number of rotatable bonds is 2. The number of nitrogens with zero attached hydrogens (tertiary/aromatic N) is 3. The molecule has 0 fully saturated rings. The van der Waals surface area contributed by atoms with Gasteiger partial charge in [0, 0.05) is 17.8 Å². The number of halogens is 1. The number of carboxylic acid groups (broad SMARTS) is 1. The first-order valence-corrected chi connectivity index (χ1v) is 6.97. The standard InChI is InChI=1S/C14H12ClN3O4/c1-17-10-5-8(15)3-2-7(10)4-9-12(17)16-14(22)18(13(9)21)6-11(19)20/h4-5H,2-3,6H2,1H3,(H,19,20). The second-order valence-electron chi connectivity index (χ2n) is 5.12. The van der Waals surface area contributed by atoms with Crippen molar-refractivity contribution in [2.75, 3.05) is 0 Å². The van der Waals surface area contributed by atoms with Gasteiger partial charge in [0.2, 0.25) is 0 Å². The van der Waals surface area contributed by atoms with Gasteiger partial charge in [0.15, 0.2) is 5.82 Å². The molecule has 1 aliphatic carbocycles. The highest BCUT2D eigenvalue weighted by atomic mass is 35.5. The van der Waals surface area contributed by atoms with E-state index >= 15 is 0 Å². The molecule has 0 atom stereocenters. The van der Waals surface area contributed by atoms with E-state index in [1.54, 1.807) is 23.8 Å². The first kappa shape index (κ1) is 14.5. The minimum atomic E-state index is -1.27. The molecule has 22 heavy (non-hydrogen) atoms. The largest absolute Gasteiger partial charge is 0.480 e. The Balaban J connectivity index is 2.36. The third kappa shape index (κ3) is 2.23. The summed E-state index contributed by atoms with van der Waals surface area (Å²) in [7, 11) is 1.70. The van der Waals surface area contributed by atoms with Crippen LogP contribution in [0, 0.1) is 0 Å². The fourth-order valence-corrected chi connectivity index (χ4v) is 2.84. The molecular weight excluding hydrogens is 310 g/mol. The molecule has 8 heteroatoms. The Hall–Kier alpha value is -2.41. The van der Waals surface area contributed by atoms with Crippen LogP contribution < -0.4 is 11.2 Å². The summed E-state index contributed by atoms with van der Waals surface area (Å²) in [4.78, 5) is 38.9. The molecule has 0 aromatic heterocycles. The lowest BCUT2D eigenvalue weighted by atomic mass is 9.99. The lowest BCUT2D eigenvalue weighted by molar-refractivity contribution is -0.137. The maximum absolute atomic E-state index is 12.4. The van der Waals surface area contributed by atoms with Gasteiger partial charge in [-0.1, -0.05) is 11.6 Å². The number of fused-ring (bicyclic) bond motifs is 2. The minimum absolute atomic E-state index is 0.220. The van der Waals surface area contributed by atoms with E-state index < -0.39 is 23.8 Å². The van der Waals surface area contributed by atoms with Crippen LogP contribution in [0.4, 0.5) is 0 Å². The van der Waals surface area contributed by atoms with Crippen molar-refractivity contribution in [1.82, 2.24) is 14.1 Å². The molecule has 2 heterocycles. The topological polar surface area (TPSA) is 94.2 Å². The fraction of sp³-hybridized carbons (Fsp3) is 0.286. The number of hydrogen-bond donors (Lipinski definition) is 1. The molecule has 1 N–H and O–H groups in total. The highest BCUT2D eigenvalue weighted by Gasteiger charge is 2.22. The molecule has 0 bridgehead atoms.